The number of aromatic nitrogens is 2. The highest BCUT2D eigenvalue weighted by molar-refractivity contribution is 5.80. The molecule has 1 saturated carbocycles. The van der Waals surface area contributed by atoms with Crippen LogP contribution in [0, 0.1) is 5.92 Å². The third-order valence-corrected chi connectivity index (χ3v) is 6.62. The minimum atomic E-state index is -0.815. The van der Waals surface area contributed by atoms with Gasteiger partial charge in [0.05, 0.1) is 19.1 Å². The fourth-order valence-electron chi connectivity index (χ4n) is 4.64. The van der Waals surface area contributed by atoms with Crippen molar-refractivity contribution in [2.24, 2.45) is 5.92 Å². The van der Waals surface area contributed by atoms with Crippen LogP contribution in [-0.4, -0.2) is 40.2 Å². The number of aliphatic hydroxyl groups excluding tert-OH is 1. The summed E-state index contributed by atoms with van der Waals surface area (Å²) in [7, 11) is 1.65. The van der Waals surface area contributed by atoms with Crippen LogP contribution in [0.1, 0.15) is 54.7 Å². The average Bonchev–Trinajstić information content (AvgIpc) is 3.47. The number of H-pyrrole nitrogens is 1. The predicted molar refractivity (Wildman–Crippen MR) is 131 cm³/mol. The lowest BCUT2D eigenvalue weighted by Crippen LogP contribution is -2.36. The average molecular weight is 463 g/mol. The van der Waals surface area contributed by atoms with E-state index in [9.17, 15) is 9.90 Å². The molecule has 2 aromatic carbocycles. The summed E-state index contributed by atoms with van der Waals surface area (Å²) in [6.07, 6.45) is 1.53. The first-order valence-electron chi connectivity index (χ1n) is 11.9. The highest BCUT2D eigenvalue weighted by atomic mass is 16.5. The Morgan fingerprint density at radius 1 is 1.12 bits per heavy atom. The Balaban J connectivity index is 1.49. The molecular formula is C27H34N4O3. The first-order chi connectivity index (χ1) is 16.5. The molecule has 0 spiro atoms. The number of carbonyl (C=O) groups excluding carboxylic acids is 1. The van der Waals surface area contributed by atoms with E-state index in [0.717, 1.165) is 28.4 Å². The van der Waals surface area contributed by atoms with Crippen LogP contribution in [0.15, 0.2) is 60.8 Å². The number of rotatable bonds is 9. The zero-order chi connectivity index (χ0) is 24.1. The number of hydrogen-bond donors (Lipinski definition) is 4. The minimum Gasteiger partial charge on any atom is -0.497 e. The molecule has 0 bridgehead atoms. The lowest BCUT2D eigenvalue weighted by atomic mass is 9.96. The second-order valence-electron chi connectivity index (χ2n) is 9.28. The molecule has 0 saturated heterocycles. The summed E-state index contributed by atoms with van der Waals surface area (Å²) in [5.74, 6) is 1.06. The molecule has 34 heavy (non-hydrogen) atoms. The summed E-state index contributed by atoms with van der Waals surface area (Å²) in [5.41, 5.74) is 3.00. The maximum Gasteiger partial charge on any atom is 0.226 e. The van der Waals surface area contributed by atoms with Crippen molar-refractivity contribution in [3.63, 3.8) is 0 Å². The van der Waals surface area contributed by atoms with Crippen molar-refractivity contribution >= 4 is 5.91 Å². The van der Waals surface area contributed by atoms with Gasteiger partial charge >= 0.3 is 0 Å². The van der Waals surface area contributed by atoms with E-state index in [0.29, 0.717) is 19.5 Å². The number of nitrogens with one attached hydrogen (secondary N) is 3. The number of aromatic amines is 1. The molecule has 3 aromatic rings. The Labute approximate surface area is 201 Å². The topological polar surface area (TPSA) is 99.3 Å². The standard InChI is InChI=1S/C27H34N4O3/c1-17(2)26-29-16-23(31-26)24-22(28-14-19-9-11-20(34-3)12-10-19)13-21(25(24)32)27(33)30-15-18-7-5-4-6-8-18/h4-12,16-17,21-22,24-25,28,32H,13-15H2,1-3H3,(H,29,31)(H,30,33)/t21-,22+,24+,25+/m0/s1. The molecule has 7 nitrogen and oxygen atoms in total. The van der Waals surface area contributed by atoms with Crippen LogP contribution in [0.3, 0.4) is 0 Å². The molecule has 1 aliphatic rings. The SMILES string of the molecule is COc1ccc(CN[C@@H]2C[C@H](C(=O)NCc3ccccc3)[C@@H](O)[C@H]2c2cnc(C(C)C)[nH]2)cc1. The van der Waals surface area contributed by atoms with Crippen molar-refractivity contribution in [3.8, 4) is 5.75 Å². The summed E-state index contributed by atoms with van der Waals surface area (Å²) in [6.45, 7) is 5.22. The molecule has 0 radical (unpaired) electrons. The molecule has 4 N–H and O–H groups in total. The Morgan fingerprint density at radius 2 is 1.82 bits per heavy atom. The van der Waals surface area contributed by atoms with E-state index in [4.69, 9.17) is 4.74 Å². The van der Waals surface area contributed by atoms with E-state index in [1.165, 1.54) is 0 Å². The first-order valence-corrected chi connectivity index (χ1v) is 11.9. The van der Waals surface area contributed by atoms with Gasteiger partial charge in [-0.25, -0.2) is 4.98 Å². The van der Waals surface area contributed by atoms with Gasteiger partial charge in [-0.15, -0.1) is 0 Å². The Bertz CT molecular complexity index is 1060. The third kappa shape index (κ3) is 5.48. The van der Waals surface area contributed by atoms with Crippen molar-refractivity contribution < 1.29 is 14.6 Å². The van der Waals surface area contributed by atoms with Crippen molar-refractivity contribution in [1.29, 1.82) is 0 Å². The summed E-state index contributed by atoms with van der Waals surface area (Å²) in [5, 5.41) is 17.9. The molecule has 0 aliphatic heterocycles. The number of imidazole rings is 1. The maximum absolute atomic E-state index is 13.1. The number of carbonyl (C=O) groups is 1. The molecule has 0 unspecified atom stereocenters. The summed E-state index contributed by atoms with van der Waals surface area (Å²) in [6, 6.07) is 17.6. The molecular weight excluding hydrogens is 428 g/mol. The normalized spacial score (nSPS) is 22.1. The number of nitrogens with zero attached hydrogens (tertiary/aromatic N) is 1. The van der Waals surface area contributed by atoms with E-state index in [1.54, 1.807) is 13.3 Å². The number of ether oxygens (including phenoxy) is 1. The molecule has 4 rings (SSSR count). The minimum absolute atomic E-state index is 0.0787. The van der Waals surface area contributed by atoms with Gasteiger partial charge < -0.3 is 25.5 Å². The van der Waals surface area contributed by atoms with E-state index in [-0.39, 0.29) is 23.8 Å². The molecule has 1 aliphatic carbocycles. The molecule has 1 heterocycles. The number of amides is 1. The second-order valence-corrected chi connectivity index (χ2v) is 9.28. The number of aliphatic hydroxyl groups is 1. The summed E-state index contributed by atoms with van der Waals surface area (Å²) < 4.78 is 5.24. The maximum atomic E-state index is 13.1. The Kier molecular flexibility index (Phi) is 7.65. The highest BCUT2D eigenvalue weighted by Gasteiger charge is 2.47. The van der Waals surface area contributed by atoms with Crippen molar-refractivity contribution in [1.82, 2.24) is 20.6 Å². The van der Waals surface area contributed by atoms with Crippen LogP contribution in [0.25, 0.3) is 0 Å². The molecule has 1 fully saturated rings. The van der Waals surface area contributed by atoms with E-state index >= 15 is 0 Å². The van der Waals surface area contributed by atoms with Gasteiger partial charge in [0.15, 0.2) is 0 Å². The van der Waals surface area contributed by atoms with Crippen LogP contribution in [0.5, 0.6) is 5.75 Å². The van der Waals surface area contributed by atoms with E-state index < -0.39 is 12.0 Å². The predicted octanol–water partition coefficient (Wildman–Crippen LogP) is 3.48. The van der Waals surface area contributed by atoms with Crippen LogP contribution >= 0.6 is 0 Å². The lowest BCUT2D eigenvalue weighted by molar-refractivity contribution is -0.127. The molecule has 1 amide bonds. The molecule has 180 valence electrons. The number of hydrogen-bond acceptors (Lipinski definition) is 5. The zero-order valence-corrected chi connectivity index (χ0v) is 20.0. The fourth-order valence-corrected chi connectivity index (χ4v) is 4.64. The first kappa shape index (κ1) is 24.0. The highest BCUT2D eigenvalue weighted by Crippen LogP contribution is 2.39. The smallest absolute Gasteiger partial charge is 0.226 e. The summed E-state index contributed by atoms with van der Waals surface area (Å²) in [4.78, 5) is 21.0. The van der Waals surface area contributed by atoms with E-state index in [1.807, 2.05) is 54.6 Å². The Morgan fingerprint density at radius 3 is 2.47 bits per heavy atom. The third-order valence-electron chi connectivity index (χ3n) is 6.62. The second kappa shape index (κ2) is 10.8. The van der Waals surface area contributed by atoms with Gasteiger partial charge in [0.2, 0.25) is 5.91 Å². The molecule has 7 heteroatoms. The van der Waals surface area contributed by atoms with E-state index in [2.05, 4.69) is 34.4 Å². The van der Waals surface area contributed by atoms with Gasteiger partial charge in [-0.1, -0.05) is 56.3 Å². The van der Waals surface area contributed by atoms with Crippen LogP contribution in [0.4, 0.5) is 0 Å². The lowest BCUT2D eigenvalue weighted by Gasteiger charge is -2.22. The van der Waals surface area contributed by atoms with Gasteiger partial charge in [-0.3, -0.25) is 4.79 Å². The fraction of sp³-hybridized carbons (Fsp3) is 0.407. The Hall–Kier alpha value is -3.16. The largest absolute Gasteiger partial charge is 0.497 e. The van der Waals surface area contributed by atoms with Gasteiger partial charge in [-0.05, 0) is 29.7 Å². The van der Waals surface area contributed by atoms with Gasteiger partial charge in [0, 0.05) is 42.9 Å². The van der Waals surface area contributed by atoms with Crippen LogP contribution in [-0.2, 0) is 17.9 Å². The van der Waals surface area contributed by atoms with Crippen molar-refractivity contribution in [3.05, 3.63) is 83.4 Å². The van der Waals surface area contributed by atoms with Gasteiger partial charge in [0.1, 0.15) is 11.6 Å². The monoisotopic (exact) mass is 462 g/mol. The summed E-state index contributed by atoms with van der Waals surface area (Å²) >= 11 is 0. The van der Waals surface area contributed by atoms with Gasteiger partial charge in [0.25, 0.3) is 0 Å². The van der Waals surface area contributed by atoms with Crippen LogP contribution < -0.4 is 15.4 Å². The number of methoxy groups -OCH3 is 1. The number of benzene rings is 2. The van der Waals surface area contributed by atoms with Gasteiger partial charge in [-0.2, -0.15) is 0 Å². The van der Waals surface area contributed by atoms with Crippen LogP contribution in [0.2, 0.25) is 0 Å². The molecule has 4 atom stereocenters. The zero-order valence-electron chi connectivity index (χ0n) is 20.0. The van der Waals surface area contributed by atoms with Crippen molar-refractivity contribution in [2.75, 3.05) is 7.11 Å². The molecule has 1 aromatic heterocycles. The quantitative estimate of drug-likeness (QED) is 0.390. The van der Waals surface area contributed by atoms with Crippen molar-refractivity contribution in [2.45, 2.75) is 57.3 Å².